The van der Waals surface area contributed by atoms with E-state index in [1.807, 2.05) is 19.1 Å². The molecule has 24 heavy (non-hydrogen) atoms. The maximum absolute atomic E-state index is 12.4. The van der Waals surface area contributed by atoms with Gasteiger partial charge in [0, 0.05) is 12.7 Å². The van der Waals surface area contributed by atoms with Crippen LogP contribution in [0.4, 0.5) is 11.5 Å². The summed E-state index contributed by atoms with van der Waals surface area (Å²) in [5.41, 5.74) is 7.89. The normalized spacial score (nSPS) is 10.6. The largest absolute Gasteiger partial charge is 0.383 e. The minimum atomic E-state index is -0.499. The first-order chi connectivity index (χ1) is 11.5. The highest BCUT2D eigenvalue weighted by Gasteiger charge is 2.20. The average Bonchev–Trinajstić information content (AvgIpc) is 3.01. The number of nitrogens with one attached hydrogen (secondary N) is 2. The molecule has 3 rings (SSSR count). The Bertz CT molecular complexity index is 931. The number of fused-ring (bicyclic) bond motifs is 1. The van der Waals surface area contributed by atoms with Crippen molar-refractivity contribution in [2.45, 2.75) is 6.92 Å². The number of amides is 2. The molecule has 9 nitrogen and oxygen atoms in total. The molecule has 2 heterocycles. The van der Waals surface area contributed by atoms with Gasteiger partial charge in [0.2, 0.25) is 0 Å². The zero-order valence-electron chi connectivity index (χ0n) is 13.1. The van der Waals surface area contributed by atoms with Crippen LogP contribution in [0.2, 0.25) is 0 Å². The molecule has 0 bridgehead atoms. The minimum absolute atomic E-state index is 0.0484. The number of carbonyl (C=O) groups excluding carboxylic acids is 2. The lowest BCUT2D eigenvalue weighted by atomic mass is 10.2. The molecule has 1 aromatic carbocycles. The molecular formula is C15H15N7O2. The Morgan fingerprint density at radius 1 is 1.08 bits per heavy atom. The van der Waals surface area contributed by atoms with E-state index in [4.69, 9.17) is 5.73 Å². The summed E-state index contributed by atoms with van der Waals surface area (Å²) in [7, 11) is 1.48. The second-order valence-corrected chi connectivity index (χ2v) is 5.12. The van der Waals surface area contributed by atoms with Crippen LogP contribution in [0.1, 0.15) is 26.5 Å². The van der Waals surface area contributed by atoms with Gasteiger partial charge in [-0.1, -0.05) is 17.7 Å². The van der Waals surface area contributed by atoms with Crippen molar-refractivity contribution in [2.75, 3.05) is 18.1 Å². The lowest BCUT2D eigenvalue weighted by Gasteiger charge is -2.08. The lowest BCUT2D eigenvalue weighted by Crippen LogP contribution is -2.21. The second kappa shape index (κ2) is 5.95. The molecule has 0 saturated heterocycles. The summed E-state index contributed by atoms with van der Waals surface area (Å²) in [6, 6.07) is 7.30. The fraction of sp³-hybridized carbons (Fsp3) is 0.133. The molecule has 0 radical (unpaired) electrons. The molecule has 3 aromatic rings. The van der Waals surface area contributed by atoms with Gasteiger partial charge in [-0.25, -0.2) is 4.98 Å². The van der Waals surface area contributed by atoms with Crippen LogP contribution in [0.5, 0.6) is 0 Å². The SMILES string of the molecule is CNC(=O)c1ncn2c(N)c(C(=O)Nc3ccc(C)cc3)nnc12. The molecule has 0 aliphatic carbocycles. The summed E-state index contributed by atoms with van der Waals surface area (Å²) in [6.07, 6.45) is 1.33. The topological polar surface area (TPSA) is 127 Å². The molecule has 0 atom stereocenters. The van der Waals surface area contributed by atoms with Gasteiger partial charge in [-0.3, -0.25) is 14.0 Å². The zero-order valence-corrected chi connectivity index (χ0v) is 13.1. The van der Waals surface area contributed by atoms with E-state index < -0.39 is 11.8 Å². The van der Waals surface area contributed by atoms with E-state index in [9.17, 15) is 9.59 Å². The van der Waals surface area contributed by atoms with Crippen LogP contribution in [0, 0.1) is 6.92 Å². The quantitative estimate of drug-likeness (QED) is 0.648. The molecule has 0 aliphatic heterocycles. The Hall–Kier alpha value is -3.49. The van der Waals surface area contributed by atoms with E-state index in [-0.39, 0.29) is 22.9 Å². The van der Waals surface area contributed by atoms with Crippen molar-refractivity contribution in [1.29, 1.82) is 0 Å². The first-order valence-corrected chi connectivity index (χ1v) is 7.10. The van der Waals surface area contributed by atoms with Crippen molar-refractivity contribution in [2.24, 2.45) is 0 Å². The summed E-state index contributed by atoms with van der Waals surface area (Å²) in [6.45, 7) is 1.95. The summed E-state index contributed by atoms with van der Waals surface area (Å²) in [4.78, 5) is 28.0. The fourth-order valence-electron chi connectivity index (χ4n) is 2.14. The van der Waals surface area contributed by atoms with E-state index in [0.29, 0.717) is 5.69 Å². The van der Waals surface area contributed by atoms with Crippen molar-refractivity contribution in [3.05, 3.63) is 47.5 Å². The molecule has 4 N–H and O–H groups in total. The number of benzene rings is 1. The molecule has 2 aromatic heterocycles. The van der Waals surface area contributed by atoms with Crippen molar-refractivity contribution >= 4 is 29.0 Å². The molecule has 0 saturated carbocycles. The number of hydrogen-bond donors (Lipinski definition) is 3. The molecule has 0 aliphatic rings. The van der Waals surface area contributed by atoms with E-state index in [1.54, 1.807) is 12.1 Å². The zero-order chi connectivity index (χ0) is 17.3. The number of aryl methyl sites for hydroxylation is 1. The predicted octanol–water partition coefficient (Wildman–Crippen LogP) is 0.627. The number of anilines is 2. The van der Waals surface area contributed by atoms with Crippen LogP contribution in [-0.4, -0.2) is 38.4 Å². The summed E-state index contributed by atoms with van der Waals surface area (Å²) in [5.74, 6) is -0.865. The number of hydrogen-bond acceptors (Lipinski definition) is 6. The first kappa shape index (κ1) is 15.4. The van der Waals surface area contributed by atoms with Crippen LogP contribution >= 0.6 is 0 Å². The second-order valence-electron chi connectivity index (χ2n) is 5.12. The third-order valence-electron chi connectivity index (χ3n) is 3.46. The van der Waals surface area contributed by atoms with Crippen LogP contribution in [0.15, 0.2) is 30.6 Å². The van der Waals surface area contributed by atoms with Crippen molar-refractivity contribution in [1.82, 2.24) is 24.9 Å². The minimum Gasteiger partial charge on any atom is -0.383 e. The Labute approximate surface area is 136 Å². The van der Waals surface area contributed by atoms with Crippen molar-refractivity contribution < 1.29 is 9.59 Å². The summed E-state index contributed by atoms with van der Waals surface area (Å²) in [5, 5.41) is 12.9. The molecule has 0 spiro atoms. The Kier molecular flexibility index (Phi) is 3.82. The van der Waals surface area contributed by atoms with Crippen molar-refractivity contribution in [3.8, 4) is 0 Å². The van der Waals surface area contributed by atoms with E-state index in [2.05, 4.69) is 25.8 Å². The smallest absolute Gasteiger partial charge is 0.279 e. The van der Waals surface area contributed by atoms with Gasteiger partial charge >= 0.3 is 0 Å². The molecule has 122 valence electrons. The van der Waals surface area contributed by atoms with E-state index in [0.717, 1.165) is 5.56 Å². The summed E-state index contributed by atoms with van der Waals surface area (Å²) >= 11 is 0. The predicted molar refractivity (Wildman–Crippen MR) is 87.7 cm³/mol. The number of imidazole rings is 1. The third-order valence-corrected chi connectivity index (χ3v) is 3.46. The number of rotatable bonds is 3. The number of nitrogens with zero attached hydrogens (tertiary/aromatic N) is 4. The van der Waals surface area contributed by atoms with Crippen LogP contribution in [0.25, 0.3) is 5.65 Å². The average molecular weight is 325 g/mol. The lowest BCUT2D eigenvalue weighted by molar-refractivity contribution is 0.0959. The summed E-state index contributed by atoms with van der Waals surface area (Å²) < 4.78 is 1.35. The van der Waals surface area contributed by atoms with Gasteiger partial charge in [-0.05, 0) is 19.1 Å². The Morgan fingerprint density at radius 3 is 2.46 bits per heavy atom. The third kappa shape index (κ3) is 2.62. The maximum Gasteiger partial charge on any atom is 0.279 e. The molecule has 9 heteroatoms. The van der Waals surface area contributed by atoms with Gasteiger partial charge in [-0.2, -0.15) is 0 Å². The highest BCUT2D eigenvalue weighted by Crippen LogP contribution is 2.16. The first-order valence-electron chi connectivity index (χ1n) is 7.10. The van der Waals surface area contributed by atoms with Crippen LogP contribution in [-0.2, 0) is 0 Å². The van der Waals surface area contributed by atoms with Gasteiger partial charge in [0.15, 0.2) is 17.0 Å². The van der Waals surface area contributed by atoms with Crippen molar-refractivity contribution in [3.63, 3.8) is 0 Å². The molecule has 0 unspecified atom stereocenters. The van der Waals surface area contributed by atoms with E-state index >= 15 is 0 Å². The van der Waals surface area contributed by atoms with Gasteiger partial charge < -0.3 is 16.4 Å². The van der Waals surface area contributed by atoms with Gasteiger partial charge in [-0.15, -0.1) is 10.2 Å². The highest BCUT2D eigenvalue weighted by molar-refractivity contribution is 6.06. The fourth-order valence-corrected chi connectivity index (χ4v) is 2.14. The number of aromatic nitrogens is 4. The van der Waals surface area contributed by atoms with Crippen LogP contribution in [0.3, 0.4) is 0 Å². The van der Waals surface area contributed by atoms with Gasteiger partial charge in [0.05, 0.1) is 0 Å². The monoisotopic (exact) mass is 325 g/mol. The molecule has 2 amide bonds. The Morgan fingerprint density at radius 2 is 1.79 bits per heavy atom. The highest BCUT2D eigenvalue weighted by atomic mass is 16.2. The number of nitrogens with two attached hydrogens (primary N) is 1. The maximum atomic E-state index is 12.4. The Balaban J connectivity index is 1.95. The molecule has 0 fully saturated rings. The van der Waals surface area contributed by atoms with E-state index in [1.165, 1.54) is 17.8 Å². The standard InChI is InChI=1S/C15H15N7O2/c1-8-3-5-9(6-4-8)19-15(24)10-12(16)22-7-18-11(14(23)17-2)13(22)21-20-10/h3-7H,16H2,1-2H3,(H,17,23)(H,19,24). The van der Waals surface area contributed by atoms with Crippen LogP contribution < -0.4 is 16.4 Å². The van der Waals surface area contributed by atoms with Gasteiger partial charge in [0.25, 0.3) is 11.8 Å². The van der Waals surface area contributed by atoms with Gasteiger partial charge in [0.1, 0.15) is 12.1 Å². The molecular weight excluding hydrogens is 310 g/mol. The number of carbonyl (C=O) groups is 2. The number of nitrogen functional groups attached to an aromatic ring is 1.